The zero-order chi connectivity index (χ0) is 42.5. The van der Waals surface area contributed by atoms with E-state index in [4.69, 9.17) is 9.98 Å². The maximum absolute atomic E-state index is 11.3. The average Bonchev–Trinajstić information content (AvgIpc) is 3.16. The fourth-order valence-electron chi connectivity index (χ4n) is 6.66. The predicted molar refractivity (Wildman–Crippen MR) is 262 cm³/mol. The Bertz CT molecular complexity index is 2200. The maximum Gasteiger partial charge on any atom is 0.128 e. The molecule has 0 heterocycles. The molecule has 320 valence electrons. The first-order valence-electron chi connectivity index (χ1n) is 20.3. The molecule has 0 aliphatic carbocycles. The van der Waals surface area contributed by atoms with Crippen molar-refractivity contribution in [3.05, 3.63) is 190 Å². The van der Waals surface area contributed by atoms with Crippen LogP contribution in [0.15, 0.2) is 156 Å². The van der Waals surface area contributed by atoms with Gasteiger partial charge < -0.3 is 10.2 Å². The first kappa shape index (κ1) is 52.7. The van der Waals surface area contributed by atoms with E-state index >= 15 is 0 Å². The van der Waals surface area contributed by atoms with Gasteiger partial charge in [-0.05, 0) is 69.2 Å². The molecule has 0 radical (unpaired) electrons. The van der Waals surface area contributed by atoms with E-state index in [0.29, 0.717) is 11.5 Å². The molecule has 0 aliphatic rings. The molecule has 0 aromatic heterocycles. The summed E-state index contributed by atoms with van der Waals surface area (Å²) in [5, 5.41) is 22.7. The molecule has 0 spiro atoms. The number of benzene rings is 6. The van der Waals surface area contributed by atoms with Crippen molar-refractivity contribution in [2.24, 2.45) is 9.98 Å². The summed E-state index contributed by atoms with van der Waals surface area (Å²) in [6.45, 7) is 26.0. The molecule has 0 saturated heterocycles. The minimum atomic E-state index is -0.186. The van der Waals surface area contributed by atoms with Crippen molar-refractivity contribution in [2.45, 2.75) is 105 Å². The standard InChI is InChI=1S/2C27H31NO.2ClH.Ti/c2*1-26(2,3)20-17-22(25(29)23(18-20)27(4,5)6)24(19-13-9-7-10-14-19)28-21-15-11-8-12-16-21;;;/h2*7-18,29H,1-6H3;2*1H;. The summed E-state index contributed by atoms with van der Waals surface area (Å²) in [5.41, 5.74) is 10.6. The SMILES string of the molecule is CC(C)(C)c1cc(C(=Nc2ccccc2)c2ccccc2)c(O)c(C(C)(C)C)c1.CC(C)(C)c1cc(C(=Nc2ccccc2)c2ccccc2)c(O)c(C(C)(C)C)c1.Cl.Cl.[Ti]. The largest absolute Gasteiger partial charge is 0.507 e. The Balaban J connectivity index is 0.000000400. The van der Waals surface area contributed by atoms with Crippen LogP contribution in [-0.4, -0.2) is 21.6 Å². The molecular weight excluding hydrogens is 827 g/mol. The van der Waals surface area contributed by atoms with Crippen molar-refractivity contribution in [3.8, 4) is 11.5 Å². The molecule has 0 aliphatic heterocycles. The Hall–Kier alpha value is -4.45. The van der Waals surface area contributed by atoms with Gasteiger partial charge in [-0.25, -0.2) is 9.98 Å². The third kappa shape index (κ3) is 13.8. The van der Waals surface area contributed by atoms with Crippen LogP contribution in [0.5, 0.6) is 11.5 Å². The smallest absolute Gasteiger partial charge is 0.128 e. The van der Waals surface area contributed by atoms with Crippen LogP contribution in [0.2, 0.25) is 0 Å². The molecule has 6 aromatic carbocycles. The number of aromatic hydroxyl groups is 2. The van der Waals surface area contributed by atoms with Crippen molar-refractivity contribution in [2.75, 3.05) is 0 Å². The molecule has 0 bridgehead atoms. The zero-order valence-corrected chi connectivity index (χ0v) is 41.2. The third-order valence-electron chi connectivity index (χ3n) is 10.2. The summed E-state index contributed by atoms with van der Waals surface area (Å²) in [6.07, 6.45) is 0. The van der Waals surface area contributed by atoms with Gasteiger partial charge in [-0.1, -0.05) is 192 Å². The van der Waals surface area contributed by atoms with Crippen molar-refractivity contribution in [3.63, 3.8) is 0 Å². The number of aliphatic imine (C=N–C) groups is 2. The van der Waals surface area contributed by atoms with E-state index in [-0.39, 0.29) is 68.2 Å². The molecule has 4 nitrogen and oxygen atoms in total. The Labute approximate surface area is 393 Å². The van der Waals surface area contributed by atoms with Gasteiger partial charge in [0.2, 0.25) is 0 Å². The van der Waals surface area contributed by atoms with E-state index in [2.05, 4.69) is 107 Å². The molecular formula is C54H64Cl2N2O2Ti. The predicted octanol–water partition coefficient (Wildman–Crippen LogP) is 15.2. The van der Waals surface area contributed by atoms with Crippen LogP contribution >= 0.6 is 24.8 Å². The fraction of sp³-hybridized carbons (Fsp3) is 0.296. The Kier molecular flexibility index (Phi) is 18.6. The number of phenols is 2. The normalized spacial score (nSPS) is 12.2. The van der Waals surface area contributed by atoms with Crippen LogP contribution in [0, 0.1) is 0 Å². The fourth-order valence-corrected chi connectivity index (χ4v) is 6.66. The number of hydrogen-bond donors (Lipinski definition) is 2. The minimum Gasteiger partial charge on any atom is -0.507 e. The van der Waals surface area contributed by atoms with E-state index in [1.54, 1.807) is 0 Å². The molecule has 0 unspecified atom stereocenters. The Morgan fingerprint density at radius 3 is 0.885 bits per heavy atom. The molecule has 0 atom stereocenters. The molecule has 0 fully saturated rings. The van der Waals surface area contributed by atoms with Gasteiger partial charge in [-0.2, -0.15) is 0 Å². The van der Waals surface area contributed by atoms with Crippen LogP contribution in [0.4, 0.5) is 11.4 Å². The summed E-state index contributed by atoms with van der Waals surface area (Å²) in [7, 11) is 0. The van der Waals surface area contributed by atoms with Crippen LogP contribution in [0.1, 0.15) is 128 Å². The van der Waals surface area contributed by atoms with Crippen molar-refractivity contribution in [1.82, 2.24) is 0 Å². The summed E-state index contributed by atoms with van der Waals surface area (Å²) in [5.74, 6) is 0.619. The summed E-state index contributed by atoms with van der Waals surface area (Å²) in [4.78, 5) is 9.93. The maximum atomic E-state index is 11.3. The number of hydrogen-bond acceptors (Lipinski definition) is 4. The first-order valence-corrected chi connectivity index (χ1v) is 20.3. The molecule has 0 amide bonds. The second-order valence-electron chi connectivity index (χ2n) is 19.2. The van der Waals surface area contributed by atoms with Gasteiger partial charge in [0.15, 0.2) is 0 Å². The van der Waals surface area contributed by atoms with E-state index in [9.17, 15) is 10.2 Å². The number of para-hydroxylation sites is 2. The summed E-state index contributed by atoms with van der Waals surface area (Å²) in [6, 6.07) is 48.5. The van der Waals surface area contributed by atoms with Crippen molar-refractivity contribution >= 4 is 47.6 Å². The summed E-state index contributed by atoms with van der Waals surface area (Å²) < 4.78 is 0. The number of rotatable bonds is 6. The Morgan fingerprint density at radius 1 is 0.377 bits per heavy atom. The van der Waals surface area contributed by atoms with E-state index < -0.39 is 0 Å². The van der Waals surface area contributed by atoms with Crippen LogP contribution in [0.3, 0.4) is 0 Å². The van der Waals surface area contributed by atoms with Crippen LogP contribution in [0.25, 0.3) is 0 Å². The monoisotopic (exact) mass is 890 g/mol. The van der Waals surface area contributed by atoms with Crippen LogP contribution < -0.4 is 0 Å². The van der Waals surface area contributed by atoms with E-state index in [1.807, 2.05) is 121 Å². The Morgan fingerprint density at radius 2 is 0.639 bits per heavy atom. The second-order valence-corrected chi connectivity index (χ2v) is 19.2. The topological polar surface area (TPSA) is 65.2 Å². The van der Waals surface area contributed by atoms with Gasteiger partial charge in [-0.15, -0.1) is 24.8 Å². The molecule has 2 N–H and O–H groups in total. The third-order valence-corrected chi connectivity index (χ3v) is 10.2. The molecule has 7 heteroatoms. The van der Waals surface area contributed by atoms with Gasteiger partial charge >= 0.3 is 0 Å². The van der Waals surface area contributed by atoms with Gasteiger partial charge in [-0.3, -0.25) is 0 Å². The zero-order valence-electron chi connectivity index (χ0n) is 38.0. The number of nitrogens with zero attached hydrogens (tertiary/aromatic N) is 2. The van der Waals surface area contributed by atoms with Gasteiger partial charge in [0, 0.05) is 55.1 Å². The quantitative estimate of drug-likeness (QED) is 0.129. The van der Waals surface area contributed by atoms with Gasteiger partial charge in [0.1, 0.15) is 11.5 Å². The average molecular weight is 892 g/mol. The first-order chi connectivity index (χ1) is 27.1. The van der Waals surface area contributed by atoms with Crippen LogP contribution in [-0.2, 0) is 43.4 Å². The molecule has 61 heavy (non-hydrogen) atoms. The minimum absolute atomic E-state index is 0. The van der Waals surface area contributed by atoms with Crippen molar-refractivity contribution < 1.29 is 31.9 Å². The molecule has 6 rings (SSSR count). The number of phenolic OH excluding ortho intramolecular Hbond substituents is 2. The molecule has 6 aromatic rings. The van der Waals surface area contributed by atoms with Crippen molar-refractivity contribution in [1.29, 1.82) is 0 Å². The number of halogens is 2. The molecule has 0 saturated carbocycles. The van der Waals surface area contributed by atoms with Gasteiger partial charge in [0.05, 0.1) is 22.8 Å². The van der Waals surface area contributed by atoms with E-state index in [0.717, 1.165) is 56.2 Å². The van der Waals surface area contributed by atoms with Gasteiger partial charge in [0.25, 0.3) is 0 Å². The summed E-state index contributed by atoms with van der Waals surface area (Å²) >= 11 is 0. The second kappa shape index (κ2) is 21.6. The van der Waals surface area contributed by atoms with E-state index in [1.165, 1.54) is 11.1 Å².